The highest BCUT2D eigenvalue weighted by Crippen LogP contribution is 2.32. The van der Waals surface area contributed by atoms with Crippen molar-refractivity contribution in [3.63, 3.8) is 0 Å². The molecule has 0 bridgehead atoms. The average molecular weight is 426 g/mol. The predicted molar refractivity (Wildman–Crippen MR) is 106 cm³/mol. The Morgan fingerprint density at radius 2 is 2.11 bits per heavy atom. The zero-order valence-corrected chi connectivity index (χ0v) is 17.2. The van der Waals surface area contributed by atoms with E-state index >= 15 is 0 Å². The first-order valence-corrected chi connectivity index (χ1v) is 11.2. The van der Waals surface area contributed by atoms with Crippen molar-refractivity contribution in [2.24, 2.45) is 0 Å². The summed E-state index contributed by atoms with van der Waals surface area (Å²) in [6.07, 6.45) is 1.19. The number of urea groups is 1. The van der Waals surface area contributed by atoms with Crippen molar-refractivity contribution >= 4 is 46.9 Å². The summed E-state index contributed by atoms with van der Waals surface area (Å²) in [5.74, 6) is -1.71. The number of nitrogens with zero attached hydrogens (tertiary/aromatic N) is 3. The highest BCUT2D eigenvalue weighted by Gasteiger charge is 2.52. The summed E-state index contributed by atoms with van der Waals surface area (Å²) in [5.41, 5.74) is 0. The van der Waals surface area contributed by atoms with Gasteiger partial charge in [0.15, 0.2) is 0 Å². The van der Waals surface area contributed by atoms with Gasteiger partial charge in [0.1, 0.15) is 6.04 Å². The first kappa shape index (κ1) is 20.7. The number of carboxylic acid groups (broad SMARTS) is 1. The fraction of sp³-hybridized carbons (Fsp3) is 0.556. The van der Waals surface area contributed by atoms with Crippen molar-refractivity contribution < 1.29 is 24.3 Å². The van der Waals surface area contributed by atoms with Crippen molar-refractivity contribution in [3.8, 4) is 0 Å². The molecule has 1 aromatic heterocycles. The maximum Gasteiger partial charge on any atom is 0.327 e. The molecule has 2 saturated heterocycles. The number of carbonyl (C=O) groups is 4. The van der Waals surface area contributed by atoms with Gasteiger partial charge in [-0.15, -0.1) is 23.1 Å². The molecule has 0 unspecified atom stereocenters. The van der Waals surface area contributed by atoms with E-state index in [0.29, 0.717) is 32.5 Å². The molecule has 2 fully saturated rings. The van der Waals surface area contributed by atoms with Gasteiger partial charge in [-0.2, -0.15) is 0 Å². The van der Waals surface area contributed by atoms with Crippen LogP contribution >= 0.6 is 23.1 Å². The van der Waals surface area contributed by atoms with Crippen LogP contribution in [0.4, 0.5) is 4.79 Å². The van der Waals surface area contributed by atoms with E-state index in [1.807, 2.05) is 24.4 Å². The summed E-state index contributed by atoms with van der Waals surface area (Å²) >= 11 is 2.57. The van der Waals surface area contributed by atoms with Gasteiger partial charge in [0, 0.05) is 18.0 Å². The molecule has 0 radical (unpaired) electrons. The van der Waals surface area contributed by atoms with Crippen LogP contribution in [-0.4, -0.2) is 80.3 Å². The van der Waals surface area contributed by atoms with Crippen molar-refractivity contribution in [3.05, 3.63) is 22.4 Å². The van der Waals surface area contributed by atoms with Gasteiger partial charge in [0.25, 0.3) is 5.91 Å². The largest absolute Gasteiger partial charge is 0.481 e. The molecule has 2 aliphatic heterocycles. The molecular formula is C18H23N3O5S2. The number of carbonyl (C=O) groups excluding carboxylic acids is 3. The Kier molecular flexibility index (Phi) is 6.61. The van der Waals surface area contributed by atoms with Crippen LogP contribution in [0, 0.1) is 0 Å². The summed E-state index contributed by atoms with van der Waals surface area (Å²) in [6.45, 7) is 3.02. The molecule has 1 aromatic rings. The van der Waals surface area contributed by atoms with E-state index in [-0.39, 0.29) is 35.4 Å². The fourth-order valence-electron chi connectivity index (χ4n) is 3.72. The molecule has 0 spiro atoms. The molecule has 0 aliphatic carbocycles. The number of carboxylic acids is 1. The number of thioether (sulfide) groups is 1. The number of hydrogen-bond donors (Lipinski definition) is 1. The minimum Gasteiger partial charge on any atom is -0.481 e. The molecule has 0 aromatic carbocycles. The third-order valence-corrected chi connectivity index (χ3v) is 6.65. The lowest BCUT2D eigenvalue weighted by atomic mass is 10.0. The predicted octanol–water partition coefficient (Wildman–Crippen LogP) is 1.71. The van der Waals surface area contributed by atoms with E-state index < -0.39 is 12.0 Å². The fourth-order valence-corrected chi connectivity index (χ4v) is 5.04. The Morgan fingerprint density at radius 3 is 2.75 bits per heavy atom. The Balaban J connectivity index is 1.80. The van der Waals surface area contributed by atoms with E-state index in [9.17, 15) is 19.2 Å². The highest BCUT2D eigenvalue weighted by molar-refractivity contribution is 8.00. The second-order valence-corrected chi connectivity index (χ2v) is 8.77. The van der Waals surface area contributed by atoms with Crippen LogP contribution in [0.1, 0.15) is 24.6 Å². The molecule has 8 nitrogen and oxygen atoms in total. The molecular weight excluding hydrogens is 402 g/mol. The lowest BCUT2D eigenvalue weighted by Gasteiger charge is -2.43. The summed E-state index contributed by atoms with van der Waals surface area (Å²) < 4.78 is 0. The van der Waals surface area contributed by atoms with E-state index in [1.165, 1.54) is 9.80 Å². The first-order valence-electron chi connectivity index (χ1n) is 9.17. The van der Waals surface area contributed by atoms with E-state index in [0.717, 1.165) is 16.6 Å². The van der Waals surface area contributed by atoms with E-state index in [4.69, 9.17) is 5.11 Å². The second kappa shape index (κ2) is 8.95. The number of rotatable bonds is 8. The zero-order chi connectivity index (χ0) is 20.3. The van der Waals surface area contributed by atoms with Crippen LogP contribution in [0.15, 0.2) is 17.5 Å². The van der Waals surface area contributed by atoms with Crippen LogP contribution in [0.2, 0.25) is 0 Å². The van der Waals surface area contributed by atoms with Gasteiger partial charge in [0.05, 0.1) is 24.1 Å². The lowest BCUT2D eigenvalue weighted by molar-refractivity contribution is -0.145. The van der Waals surface area contributed by atoms with Gasteiger partial charge >= 0.3 is 12.0 Å². The third-order valence-electron chi connectivity index (χ3n) is 4.89. The van der Waals surface area contributed by atoms with Crippen LogP contribution in [0.25, 0.3) is 0 Å². The molecule has 2 aliphatic rings. The molecule has 3 rings (SSSR count). The number of likely N-dealkylation sites (tertiary alicyclic amines) is 1. The normalized spacial score (nSPS) is 22.0. The maximum absolute atomic E-state index is 13.0. The van der Waals surface area contributed by atoms with Gasteiger partial charge in [-0.05, 0) is 24.3 Å². The number of hydrogen-bond acceptors (Lipinski definition) is 6. The molecule has 152 valence electrons. The standard InChI is InChI=1S/C18H23N3O5S2/c1-2-6-20-17(25)16-13(21(18(20)26)9-12-4-3-8-28-12)5-7-19(16)14(22)10-27-11-15(23)24/h3-4,8,13,16H,2,5-7,9-11H2,1H3,(H,23,24)/t13-,16+/m1/s1. The molecule has 4 amide bonds. The SMILES string of the molecule is CCCN1C(=O)[C@@H]2[C@@H](CCN2C(=O)CSCC(=O)O)N(Cc2cccs2)C1=O. The number of aliphatic carboxylic acids is 1. The average Bonchev–Trinajstić information content (AvgIpc) is 3.31. The molecule has 0 saturated carbocycles. The molecule has 1 N–H and O–H groups in total. The van der Waals surface area contributed by atoms with Crippen molar-refractivity contribution in [2.45, 2.75) is 38.4 Å². The molecule has 3 heterocycles. The first-order chi connectivity index (χ1) is 13.4. The maximum atomic E-state index is 13.0. The molecule has 28 heavy (non-hydrogen) atoms. The third kappa shape index (κ3) is 4.17. The van der Waals surface area contributed by atoms with Gasteiger partial charge in [0.2, 0.25) is 5.91 Å². The van der Waals surface area contributed by atoms with E-state index in [1.54, 1.807) is 16.2 Å². The van der Waals surface area contributed by atoms with Crippen molar-refractivity contribution in [2.75, 3.05) is 24.6 Å². The van der Waals surface area contributed by atoms with Gasteiger partial charge < -0.3 is 14.9 Å². The minimum atomic E-state index is -0.979. The number of imide groups is 1. The summed E-state index contributed by atoms with van der Waals surface area (Å²) in [4.78, 5) is 54.9. The zero-order valence-electron chi connectivity index (χ0n) is 15.6. The highest BCUT2D eigenvalue weighted by atomic mass is 32.2. The van der Waals surface area contributed by atoms with Gasteiger partial charge in [-0.3, -0.25) is 19.3 Å². The van der Waals surface area contributed by atoms with Gasteiger partial charge in [-0.1, -0.05) is 13.0 Å². The molecule has 2 atom stereocenters. The molecule has 10 heteroatoms. The lowest BCUT2D eigenvalue weighted by Crippen LogP contribution is -2.65. The van der Waals surface area contributed by atoms with Gasteiger partial charge in [-0.25, -0.2) is 4.79 Å². The van der Waals surface area contributed by atoms with Crippen LogP contribution in [0.5, 0.6) is 0 Å². The number of amides is 4. The Bertz CT molecular complexity index is 754. The summed E-state index contributed by atoms with van der Waals surface area (Å²) in [7, 11) is 0. The monoisotopic (exact) mass is 425 g/mol. The minimum absolute atomic E-state index is 0.00937. The number of thiophene rings is 1. The van der Waals surface area contributed by atoms with E-state index in [2.05, 4.69) is 0 Å². The topological polar surface area (TPSA) is 98.2 Å². The quantitative estimate of drug-likeness (QED) is 0.681. The Morgan fingerprint density at radius 1 is 1.32 bits per heavy atom. The Labute approximate surface area is 171 Å². The summed E-state index contributed by atoms with van der Waals surface area (Å²) in [5, 5.41) is 10.7. The summed E-state index contributed by atoms with van der Waals surface area (Å²) in [6, 6.07) is 2.54. The smallest absolute Gasteiger partial charge is 0.327 e. The van der Waals surface area contributed by atoms with Crippen LogP contribution in [0.3, 0.4) is 0 Å². The van der Waals surface area contributed by atoms with Crippen LogP contribution in [-0.2, 0) is 20.9 Å². The van der Waals surface area contributed by atoms with Crippen LogP contribution < -0.4 is 0 Å². The second-order valence-electron chi connectivity index (χ2n) is 6.75. The van der Waals surface area contributed by atoms with Crippen molar-refractivity contribution in [1.29, 1.82) is 0 Å². The van der Waals surface area contributed by atoms with Crippen molar-refractivity contribution in [1.82, 2.24) is 14.7 Å². The Hall–Kier alpha value is -2.07. The number of fused-ring (bicyclic) bond motifs is 1.